The van der Waals surface area contributed by atoms with Gasteiger partial charge in [0.1, 0.15) is 34.4 Å². The second kappa shape index (κ2) is 17.2. The molecule has 4 aromatic carbocycles. The van der Waals surface area contributed by atoms with E-state index in [1.54, 1.807) is 85.5 Å². The fraction of sp³-hybridized carbons (Fsp3) is 0.157. The molecule has 0 aliphatic carbocycles. The molecule has 0 fully saturated rings. The topological polar surface area (TPSA) is 189 Å². The van der Waals surface area contributed by atoms with Gasteiger partial charge in [-0.05, 0) is 98.5 Å². The smallest absolute Gasteiger partial charge is 0.281 e. The van der Waals surface area contributed by atoms with Crippen LogP contribution in [0.4, 0.5) is 20.2 Å². The maximum atomic E-state index is 15.1. The van der Waals surface area contributed by atoms with Crippen LogP contribution in [-0.4, -0.2) is 91.2 Å². The number of rotatable bonds is 12. The summed E-state index contributed by atoms with van der Waals surface area (Å²) in [6.45, 7) is 5.21. The Balaban J connectivity index is 0.790. The van der Waals surface area contributed by atoms with Crippen molar-refractivity contribution in [3.8, 4) is 79.8 Å². The summed E-state index contributed by atoms with van der Waals surface area (Å²) in [5.74, 6) is -0.0353. The van der Waals surface area contributed by atoms with Gasteiger partial charge in [-0.2, -0.15) is 9.97 Å². The Morgan fingerprint density at radius 3 is 1.40 bits per heavy atom. The van der Waals surface area contributed by atoms with Crippen LogP contribution in [0, 0.1) is 11.6 Å². The maximum Gasteiger partial charge on any atom is 0.281 e. The zero-order valence-electron chi connectivity index (χ0n) is 37.4. The first-order valence-electron chi connectivity index (χ1n) is 22.5. The van der Waals surface area contributed by atoms with Crippen molar-refractivity contribution in [1.29, 1.82) is 0 Å². The van der Waals surface area contributed by atoms with Crippen molar-refractivity contribution in [1.82, 2.24) is 60.2 Å². The van der Waals surface area contributed by atoms with Crippen molar-refractivity contribution in [3.63, 3.8) is 0 Å². The lowest BCUT2D eigenvalue weighted by Crippen LogP contribution is -2.48. The maximum absolute atomic E-state index is 15.1. The third-order valence-electron chi connectivity index (χ3n) is 13.0. The second-order valence-corrected chi connectivity index (χ2v) is 16.9. The van der Waals surface area contributed by atoms with Crippen LogP contribution in [0.3, 0.4) is 0 Å². The Labute approximate surface area is 397 Å². The lowest BCUT2D eigenvalue weighted by Gasteiger charge is -2.33. The average molecular weight is 933 g/mol. The third-order valence-corrected chi connectivity index (χ3v) is 13.0. The summed E-state index contributed by atoms with van der Waals surface area (Å²) < 4.78 is 44.5. The molecule has 0 saturated carbocycles. The lowest BCUT2D eigenvalue weighted by molar-refractivity contribution is -0.121. The molecule has 0 N–H and O–H groups in total. The first kappa shape index (κ1) is 42.2. The van der Waals surface area contributed by atoms with E-state index in [4.69, 9.17) is 19.0 Å². The number of aromatic nitrogens is 12. The summed E-state index contributed by atoms with van der Waals surface area (Å²) in [7, 11) is 0. The highest BCUT2D eigenvalue weighted by Gasteiger charge is 2.36. The molecule has 2 atom stereocenters. The van der Waals surface area contributed by atoms with E-state index in [1.807, 2.05) is 50.2 Å². The van der Waals surface area contributed by atoms with Gasteiger partial charge in [-0.15, -0.1) is 10.2 Å². The molecule has 0 saturated heterocycles. The number of para-hydroxylation sites is 2. The minimum absolute atomic E-state index is 0.0587. The number of ketones is 1. The van der Waals surface area contributed by atoms with Crippen molar-refractivity contribution >= 4 is 17.2 Å². The van der Waals surface area contributed by atoms with Crippen LogP contribution < -0.4 is 9.80 Å². The number of fused-ring (bicyclic) bond motifs is 2. The summed E-state index contributed by atoms with van der Waals surface area (Å²) in [6, 6.07) is 30.7. The molecule has 2 unspecified atom stereocenters. The Hall–Kier alpha value is -9.13. The number of pyridine rings is 2. The highest BCUT2D eigenvalue weighted by atomic mass is 19.1. The second-order valence-electron chi connectivity index (χ2n) is 16.9. The van der Waals surface area contributed by atoms with E-state index < -0.39 is 23.7 Å². The minimum Gasteiger partial charge on any atom is -0.361 e. The molecule has 2 aliphatic heterocycles. The Kier molecular flexibility index (Phi) is 10.4. The van der Waals surface area contributed by atoms with Crippen LogP contribution in [0.15, 0.2) is 143 Å². The average Bonchev–Trinajstić information content (AvgIpc) is 4.27. The van der Waals surface area contributed by atoms with Crippen molar-refractivity contribution in [2.45, 2.75) is 38.8 Å². The number of carbonyl (C=O) groups excluding carboxylic acids is 1. The van der Waals surface area contributed by atoms with Gasteiger partial charge in [0.15, 0.2) is 17.2 Å². The molecule has 12 rings (SSSR count). The monoisotopic (exact) mass is 932 g/mol. The third kappa shape index (κ3) is 7.25. The molecule has 19 heteroatoms. The quantitative estimate of drug-likeness (QED) is 0.113. The zero-order valence-corrected chi connectivity index (χ0v) is 37.4. The molecule has 10 aromatic rings. The van der Waals surface area contributed by atoms with Gasteiger partial charge in [0.25, 0.3) is 11.8 Å². The molecule has 70 heavy (non-hydrogen) atoms. The summed E-state index contributed by atoms with van der Waals surface area (Å²) >= 11 is 0. The minimum atomic E-state index is -0.471. The normalized spacial score (nSPS) is 13.9. The first-order valence-corrected chi connectivity index (χ1v) is 22.5. The number of Topliss-reactive ketones (excluding diaryl/α,β-unsaturated/α-hetero) is 1. The molecular weight excluding hydrogens is 895 g/mol. The predicted octanol–water partition coefficient (Wildman–Crippen LogP) is 8.46. The van der Waals surface area contributed by atoms with E-state index in [9.17, 15) is 4.79 Å². The van der Waals surface area contributed by atoms with E-state index in [1.165, 1.54) is 21.5 Å². The highest BCUT2D eigenvalue weighted by Crippen LogP contribution is 2.39. The van der Waals surface area contributed by atoms with Crippen LogP contribution in [0.1, 0.15) is 25.0 Å². The SMILES string of the molecule is CC(C(=O)C(C)N1CCc2ccc(-c3noc(-c4nnn(-c5ccccc5F)c4-c4ccncc4)n3)cc21)N1CCc2ccc(-c3noc(-c4nnn(-c5ccccc5F)c4-c4ccncc4)n3)cc21. The van der Waals surface area contributed by atoms with Crippen molar-refractivity contribution in [2.24, 2.45) is 0 Å². The zero-order chi connectivity index (χ0) is 47.5. The van der Waals surface area contributed by atoms with E-state index in [0.29, 0.717) is 58.4 Å². The number of carbonyl (C=O) groups is 1. The number of nitrogens with zero attached hydrogens (tertiary/aromatic N) is 14. The molecule has 0 radical (unpaired) electrons. The number of halogens is 2. The van der Waals surface area contributed by atoms with Gasteiger partial charge in [0.05, 0.1) is 12.1 Å². The number of hydrogen-bond acceptors (Lipinski definition) is 15. The van der Waals surface area contributed by atoms with Crippen LogP contribution in [0.25, 0.3) is 79.8 Å². The Bertz CT molecular complexity index is 3360. The molecule has 0 spiro atoms. The largest absolute Gasteiger partial charge is 0.361 e. The molecule has 344 valence electrons. The fourth-order valence-electron chi connectivity index (χ4n) is 9.39. The number of benzene rings is 4. The van der Waals surface area contributed by atoms with E-state index in [-0.39, 0.29) is 40.3 Å². The molecule has 8 heterocycles. The molecular formula is C51H38F2N14O3. The molecule has 0 amide bonds. The van der Waals surface area contributed by atoms with Gasteiger partial charge < -0.3 is 18.8 Å². The summed E-state index contributed by atoms with van der Waals surface area (Å²) in [6.07, 6.45) is 8.04. The molecule has 2 aliphatic rings. The van der Waals surface area contributed by atoms with Gasteiger partial charge in [0, 0.05) is 71.5 Å². The molecule has 0 bridgehead atoms. The van der Waals surface area contributed by atoms with Gasteiger partial charge >= 0.3 is 0 Å². The van der Waals surface area contributed by atoms with Crippen molar-refractivity contribution in [3.05, 3.63) is 157 Å². The van der Waals surface area contributed by atoms with Crippen molar-refractivity contribution < 1.29 is 22.6 Å². The van der Waals surface area contributed by atoms with Crippen LogP contribution in [0.2, 0.25) is 0 Å². The lowest BCUT2D eigenvalue weighted by atomic mass is 10.0. The van der Waals surface area contributed by atoms with E-state index >= 15 is 8.78 Å². The van der Waals surface area contributed by atoms with Gasteiger partial charge in [-0.3, -0.25) is 14.8 Å². The van der Waals surface area contributed by atoms with Crippen molar-refractivity contribution in [2.75, 3.05) is 22.9 Å². The Morgan fingerprint density at radius 2 is 0.971 bits per heavy atom. The standard InChI is InChI=1S/C51H38F2N14O3/c1-29(64-25-19-31-11-13-35(27-41(31)64)48-56-50(69-60-48)43-45(33-15-21-54-22-16-33)66(62-58-43)39-9-5-3-7-37(39)52)47(68)30(2)65-26-20-32-12-14-36(28-42(32)65)49-57-51(70-61-49)44-46(34-17-23-55-24-18-34)67(63-59-44)40-10-6-4-8-38(40)53/h3-18,21-24,27-30H,19-20,25-26H2,1-2H3. The number of hydrogen-bond donors (Lipinski definition) is 0. The summed E-state index contributed by atoms with van der Waals surface area (Å²) in [4.78, 5) is 36.6. The molecule has 17 nitrogen and oxygen atoms in total. The van der Waals surface area contributed by atoms with Gasteiger partial charge in [-0.25, -0.2) is 18.1 Å². The summed E-state index contributed by atoms with van der Waals surface area (Å²) in [5.41, 5.74) is 8.66. The molecule has 6 aromatic heterocycles. The fourth-order valence-corrected chi connectivity index (χ4v) is 9.39. The summed E-state index contributed by atoms with van der Waals surface area (Å²) in [5, 5.41) is 26.0. The predicted molar refractivity (Wildman–Crippen MR) is 253 cm³/mol. The van der Waals surface area contributed by atoms with Gasteiger partial charge in [0.2, 0.25) is 11.6 Å². The van der Waals surface area contributed by atoms with Crippen LogP contribution >= 0.6 is 0 Å². The number of anilines is 2. The van der Waals surface area contributed by atoms with Crippen LogP contribution in [-0.2, 0) is 17.6 Å². The first-order chi connectivity index (χ1) is 34.3. The van der Waals surface area contributed by atoms with Crippen LogP contribution in [0.5, 0.6) is 0 Å². The Morgan fingerprint density at radius 1 is 0.543 bits per heavy atom. The van der Waals surface area contributed by atoms with E-state index in [0.717, 1.165) is 35.3 Å². The van der Waals surface area contributed by atoms with Gasteiger partial charge in [-0.1, -0.05) is 69.3 Å². The van der Waals surface area contributed by atoms with E-state index in [2.05, 4.69) is 50.7 Å². The highest BCUT2D eigenvalue weighted by molar-refractivity contribution is 5.95.